The lowest BCUT2D eigenvalue weighted by atomic mass is 9.93. The van der Waals surface area contributed by atoms with E-state index in [1.54, 1.807) is 6.07 Å². The van der Waals surface area contributed by atoms with Crippen molar-refractivity contribution in [1.29, 1.82) is 0 Å². The summed E-state index contributed by atoms with van der Waals surface area (Å²) in [5.74, 6) is -0.625. The van der Waals surface area contributed by atoms with Gasteiger partial charge in [0.25, 0.3) is 5.69 Å². The Morgan fingerprint density at radius 1 is 1.35 bits per heavy atom. The van der Waals surface area contributed by atoms with Crippen LogP contribution in [0.25, 0.3) is 0 Å². The van der Waals surface area contributed by atoms with Crippen LogP contribution in [0.15, 0.2) is 24.3 Å². The lowest BCUT2D eigenvalue weighted by Crippen LogP contribution is -2.55. The van der Waals surface area contributed by atoms with Gasteiger partial charge in [-0.3, -0.25) is 24.6 Å². The Morgan fingerprint density at radius 3 is 2.45 bits per heavy atom. The highest BCUT2D eigenvalue weighted by Gasteiger charge is 2.46. The van der Waals surface area contributed by atoms with E-state index in [0.717, 1.165) is 17.7 Å². The van der Waals surface area contributed by atoms with Gasteiger partial charge in [0.05, 0.1) is 4.92 Å². The molecule has 1 fully saturated rings. The maximum absolute atomic E-state index is 11.8. The molecule has 1 aliphatic rings. The highest BCUT2D eigenvalue weighted by atomic mass is 16.6. The molecule has 1 saturated carbocycles. The summed E-state index contributed by atoms with van der Waals surface area (Å²) >= 11 is 0. The molecule has 106 valence electrons. The molecular weight excluding hydrogens is 262 g/mol. The highest BCUT2D eigenvalue weighted by molar-refractivity contribution is 5.97. The van der Waals surface area contributed by atoms with Crippen LogP contribution in [0.5, 0.6) is 0 Å². The first-order valence-electron chi connectivity index (χ1n) is 6.31. The molecule has 0 aliphatic heterocycles. The van der Waals surface area contributed by atoms with Gasteiger partial charge in [-0.15, -0.1) is 0 Å². The predicted molar refractivity (Wildman–Crippen MR) is 72.0 cm³/mol. The summed E-state index contributed by atoms with van der Waals surface area (Å²) < 4.78 is 0. The minimum Gasteiger partial charge on any atom is -0.368 e. The molecule has 0 spiro atoms. The Kier molecular flexibility index (Phi) is 3.69. The number of nitro benzene ring substituents is 1. The van der Waals surface area contributed by atoms with Crippen LogP contribution >= 0.6 is 0 Å². The molecule has 1 aromatic carbocycles. The number of nitrogens with zero attached hydrogens (tertiary/aromatic N) is 2. The number of carbonyl (C=O) groups excluding carboxylic acids is 2. The predicted octanol–water partition coefficient (Wildman–Crippen LogP) is 1.36. The fourth-order valence-electron chi connectivity index (χ4n) is 2.78. The third-order valence-corrected chi connectivity index (χ3v) is 3.79. The van der Waals surface area contributed by atoms with E-state index in [2.05, 4.69) is 0 Å². The van der Waals surface area contributed by atoms with Gasteiger partial charge in [-0.05, 0) is 18.9 Å². The van der Waals surface area contributed by atoms with Crippen LogP contribution in [-0.2, 0) is 9.59 Å². The molecule has 7 heteroatoms. The van der Waals surface area contributed by atoms with Gasteiger partial charge >= 0.3 is 0 Å². The summed E-state index contributed by atoms with van der Waals surface area (Å²) in [7, 11) is 0. The number of benzene rings is 1. The van der Waals surface area contributed by atoms with Crippen LogP contribution < -0.4 is 10.6 Å². The molecule has 0 saturated heterocycles. The van der Waals surface area contributed by atoms with Gasteiger partial charge in [-0.2, -0.15) is 0 Å². The third-order valence-electron chi connectivity index (χ3n) is 3.79. The standard InChI is InChI=1S/C13H15N3O4/c14-12(18)13(7-3-4-8-13)15(9-17)10-5-1-2-6-11(10)16(19)20/h1-2,5-6,9H,3-4,7-8H2,(H2,14,18). The summed E-state index contributed by atoms with van der Waals surface area (Å²) in [6, 6.07) is 5.85. The molecule has 2 amide bonds. The summed E-state index contributed by atoms with van der Waals surface area (Å²) in [5, 5.41) is 11.1. The van der Waals surface area contributed by atoms with Crippen molar-refractivity contribution in [3.8, 4) is 0 Å². The minimum absolute atomic E-state index is 0.105. The molecule has 1 aromatic rings. The molecule has 7 nitrogen and oxygen atoms in total. The van der Waals surface area contributed by atoms with E-state index in [-0.39, 0.29) is 11.4 Å². The molecule has 0 aromatic heterocycles. The number of para-hydroxylation sites is 2. The largest absolute Gasteiger partial charge is 0.368 e. The molecule has 0 unspecified atom stereocenters. The maximum atomic E-state index is 11.8. The molecule has 0 heterocycles. The summed E-state index contributed by atoms with van der Waals surface area (Å²) in [5.41, 5.74) is 4.19. The molecule has 1 aliphatic carbocycles. The number of nitrogens with two attached hydrogens (primary N) is 1. The zero-order valence-corrected chi connectivity index (χ0v) is 10.8. The monoisotopic (exact) mass is 277 g/mol. The van der Waals surface area contributed by atoms with Crippen molar-refractivity contribution in [3.63, 3.8) is 0 Å². The maximum Gasteiger partial charge on any atom is 0.292 e. The van der Waals surface area contributed by atoms with Crippen molar-refractivity contribution in [1.82, 2.24) is 0 Å². The summed E-state index contributed by atoms with van der Waals surface area (Å²) in [6.45, 7) is 0. The molecule has 0 atom stereocenters. The lowest BCUT2D eigenvalue weighted by Gasteiger charge is -2.35. The van der Waals surface area contributed by atoms with Crippen molar-refractivity contribution < 1.29 is 14.5 Å². The van der Waals surface area contributed by atoms with Crippen molar-refractivity contribution in [2.45, 2.75) is 31.2 Å². The zero-order chi connectivity index (χ0) is 14.8. The normalized spacial score (nSPS) is 16.6. The van der Waals surface area contributed by atoms with E-state index in [4.69, 9.17) is 5.73 Å². The molecule has 0 bridgehead atoms. The van der Waals surface area contributed by atoms with Gasteiger partial charge in [0.2, 0.25) is 12.3 Å². The number of hydrogen-bond acceptors (Lipinski definition) is 4. The molecule has 20 heavy (non-hydrogen) atoms. The Morgan fingerprint density at radius 2 is 1.95 bits per heavy atom. The second-order valence-electron chi connectivity index (χ2n) is 4.82. The van der Waals surface area contributed by atoms with E-state index in [9.17, 15) is 19.7 Å². The van der Waals surface area contributed by atoms with Crippen molar-refractivity contribution >= 4 is 23.7 Å². The van der Waals surface area contributed by atoms with Gasteiger partial charge in [-0.25, -0.2) is 0 Å². The van der Waals surface area contributed by atoms with Crippen molar-refractivity contribution in [3.05, 3.63) is 34.4 Å². The average molecular weight is 277 g/mol. The first-order chi connectivity index (χ1) is 9.53. The van der Waals surface area contributed by atoms with Crippen LogP contribution in [-0.4, -0.2) is 22.8 Å². The van der Waals surface area contributed by atoms with Crippen LogP contribution in [0, 0.1) is 10.1 Å². The average Bonchev–Trinajstić information content (AvgIpc) is 2.91. The van der Waals surface area contributed by atoms with Crippen LogP contribution in [0.3, 0.4) is 0 Å². The topological polar surface area (TPSA) is 107 Å². The Balaban J connectivity index is 2.55. The molecule has 2 N–H and O–H groups in total. The van der Waals surface area contributed by atoms with E-state index >= 15 is 0 Å². The molecular formula is C13H15N3O4. The van der Waals surface area contributed by atoms with E-state index < -0.39 is 16.4 Å². The minimum atomic E-state index is -1.16. The number of rotatable bonds is 5. The van der Waals surface area contributed by atoms with E-state index in [1.165, 1.54) is 18.2 Å². The fourth-order valence-corrected chi connectivity index (χ4v) is 2.78. The van der Waals surface area contributed by atoms with Crippen molar-refractivity contribution in [2.24, 2.45) is 5.73 Å². The van der Waals surface area contributed by atoms with Crippen molar-refractivity contribution in [2.75, 3.05) is 4.90 Å². The van der Waals surface area contributed by atoms with Gasteiger partial charge < -0.3 is 5.73 Å². The number of anilines is 1. The Hall–Kier alpha value is -2.44. The number of primary amides is 1. The molecule has 0 radical (unpaired) electrons. The number of amides is 2. The zero-order valence-electron chi connectivity index (χ0n) is 10.8. The van der Waals surface area contributed by atoms with Crippen LogP contribution in [0.2, 0.25) is 0 Å². The Bertz CT molecular complexity index is 552. The van der Waals surface area contributed by atoms with Crippen LogP contribution in [0.4, 0.5) is 11.4 Å². The van der Waals surface area contributed by atoms with E-state index in [0.29, 0.717) is 19.3 Å². The summed E-state index contributed by atoms with van der Waals surface area (Å²) in [4.78, 5) is 34.9. The van der Waals surface area contributed by atoms with Gasteiger partial charge in [0, 0.05) is 6.07 Å². The first kappa shape index (κ1) is 14.0. The second kappa shape index (κ2) is 5.28. The van der Waals surface area contributed by atoms with Crippen LogP contribution in [0.1, 0.15) is 25.7 Å². The highest BCUT2D eigenvalue weighted by Crippen LogP contribution is 2.40. The molecule has 2 rings (SSSR count). The smallest absolute Gasteiger partial charge is 0.292 e. The fraction of sp³-hybridized carbons (Fsp3) is 0.385. The number of nitro groups is 1. The third kappa shape index (κ3) is 2.11. The first-order valence-corrected chi connectivity index (χ1v) is 6.31. The van der Waals surface area contributed by atoms with Gasteiger partial charge in [-0.1, -0.05) is 25.0 Å². The summed E-state index contributed by atoms with van der Waals surface area (Å²) in [6.07, 6.45) is 2.82. The SMILES string of the molecule is NC(=O)C1(N(C=O)c2ccccc2[N+](=O)[O-])CCCC1. The van der Waals surface area contributed by atoms with Gasteiger partial charge in [0.15, 0.2) is 0 Å². The number of hydrogen-bond donors (Lipinski definition) is 1. The lowest BCUT2D eigenvalue weighted by molar-refractivity contribution is -0.384. The number of carbonyl (C=O) groups is 2. The Labute approximate surface area is 115 Å². The van der Waals surface area contributed by atoms with E-state index in [1.807, 2.05) is 0 Å². The second-order valence-corrected chi connectivity index (χ2v) is 4.82. The van der Waals surface area contributed by atoms with Gasteiger partial charge in [0.1, 0.15) is 11.2 Å². The quantitative estimate of drug-likeness (QED) is 0.498.